The number of aromatic nitrogens is 4. The maximum atomic E-state index is 12.7. The third-order valence-electron chi connectivity index (χ3n) is 6.31. The molecule has 1 unspecified atom stereocenters. The summed E-state index contributed by atoms with van der Waals surface area (Å²) in [6, 6.07) is 21.8. The van der Waals surface area contributed by atoms with E-state index in [4.69, 9.17) is 4.74 Å². The van der Waals surface area contributed by atoms with Gasteiger partial charge in [0.25, 0.3) is 11.1 Å². The van der Waals surface area contributed by atoms with E-state index in [0.717, 1.165) is 9.40 Å². The van der Waals surface area contributed by atoms with Crippen LogP contribution in [0.2, 0.25) is 0 Å². The van der Waals surface area contributed by atoms with Gasteiger partial charge in [-0.2, -0.15) is 9.97 Å². The molecule has 1 atom stereocenters. The number of benzene rings is 2. The minimum absolute atomic E-state index is 0.0465. The third-order valence-corrected chi connectivity index (χ3v) is 8.48. The monoisotopic (exact) mass is 564 g/mol. The van der Waals surface area contributed by atoms with Crippen molar-refractivity contribution in [3.8, 4) is 21.3 Å². The molecule has 0 amide bonds. The second kappa shape index (κ2) is 10.8. The van der Waals surface area contributed by atoms with Gasteiger partial charge < -0.3 is 4.74 Å². The van der Waals surface area contributed by atoms with Gasteiger partial charge in [-0.1, -0.05) is 30.3 Å². The Balaban J connectivity index is 1.11. The number of rotatable bonds is 6. The highest BCUT2D eigenvalue weighted by Crippen LogP contribution is 2.27. The molecule has 4 aromatic heterocycles. The highest BCUT2D eigenvalue weighted by atomic mass is 32.1. The molecule has 4 heterocycles. The number of esters is 1. The molecular weight excluding hydrogens is 544 g/mol. The van der Waals surface area contributed by atoms with E-state index >= 15 is 0 Å². The standard InChI is InChI=1S/C30H20N4O4S2/c1-17(22-13-11-19(15-32-22)28-33-26(35)20-6-2-4-8-24(20)39-28)30(37)38-16-18-10-12-23(31-14-18)29-34-27(36)21-7-3-5-9-25(21)40-29/h2-15,17H,16H2,1H3. The number of nitrogens with zero attached hydrogens (tertiary/aromatic N) is 4. The first-order chi connectivity index (χ1) is 19.5. The lowest BCUT2D eigenvalue weighted by Gasteiger charge is -2.12. The van der Waals surface area contributed by atoms with Gasteiger partial charge in [0.1, 0.15) is 16.6 Å². The SMILES string of the molecule is CC(C(=O)OCc1ccc(-c2nc(=O)c3ccccc3s2)nc1)c1ccc(-c2nc(=O)c3ccccc3s2)cn1. The van der Waals surface area contributed by atoms with Crippen molar-refractivity contribution in [1.82, 2.24) is 19.9 Å². The summed E-state index contributed by atoms with van der Waals surface area (Å²) in [6.45, 7) is 1.77. The predicted molar refractivity (Wildman–Crippen MR) is 156 cm³/mol. The van der Waals surface area contributed by atoms with E-state index in [1.807, 2.05) is 36.4 Å². The van der Waals surface area contributed by atoms with Crippen LogP contribution >= 0.6 is 22.7 Å². The van der Waals surface area contributed by atoms with Gasteiger partial charge in [-0.3, -0.25) is 24.4 Å². The Morgan fingerprint density at radius 2 is 1.43 bits per heavy atom. The molecule has 8 nitrogen and oxygen atoms in total. The fourth-order valence-corrected chi connectivity index (χ4v) is 6.04. The number of hydrogen-bond donors (Lipinski definition) is 0. The summed E-state index contributed by atoms with van der Waals surface area (Å²) in [7, 11) is 0. The van der Waals surface area contributed by atoms with Gasteiger partial charge in [-0.25, -0.2) is 0 Å². The molecule has 0 bridgehead atoms. The summed E-state index contributed by atoms with van der Waals surface area (Å²) >= 11 is 2.81. The van der Waals surface area contributed by atoms with Crippen LogP contribution in [0.1, 0.15) is 24.1 Å². The van der Waals surface area contributed by atoms with Gasteiger partial charge >= 0.3 is 5.97 Å². The molecule has 0 aliphatic heterocycles. The highest BCUT2D eigenvalue weighted by molar-refractivity contribution is 7.21. The second-order valence-electron chi connectivity index (χ2n) is 8.99. The summed E-state index contributed by atoms with van der Waals surface area (Å²) in [6.07, 6.45) is 3.22. The summed E-state index contributed by atoms with van der Waals surface area (Å²) < 4.78 is 7.21. The van der Waals surface area contributed by atoms with E-state index in [1.54, 1.807) is 55.7 Å². The zero-order valence-electron chi connectivity index (χ0n) is 21.1. The first-order valence-electron chi connectivity index (χ1n) is 12.3. The van der Waals surface area contributed by atoms with Crippen molar-refractivity contribution in [2.75, 3.05) is 0 Å². The van der Waals surface area contributed by atoms with Crippen molar-refractivity contribution < 1.29 is 9.53 Å². The van der Waals surface area contributed by atoms with E-state index in [2.05, 4.69) is 19.9 Å². The Morgan fingerprint density at radius 3 is 2.05 bits per heavy atom. The molecule has 0 saturated heterocycles. The predicted octanol–water partition coefficient (Wildman–Crippen LogP) is 5.60. The largest absolute Gasteiger partial charge is 0.460 e. The van der Waals surface area contributed by atoms with Crippen molar-refractivity contribution in [2.45, 2.75) is 19.4 Å². The average Bonchev–Trinajstić information content (AvgIpc) is 3.00. The topological polar surface area (TPSA) is 112 Å². The van der Waals surface area contributed by atoms with E-state index in [9.17, 15) is 14.4 Å². The third kappa shape index (κ3) is 5.14. The Bertz CT molecular complexity index is 1990. The maximum absolute atomic E-state index is 12.7. The minimum Gasteiger partial charge on any atom is -0.460 e. The maximum Gasteiger partial charge on any atom is 0.315 e. The van der Waals surface area contributed by atoms with Crippen molar-refractivity contribution >= 4 is 48.8 Å². The number of ether oxygens (including phenoxy) is 1. The van der Waals surface area contributed by atoms with E-state index in [0.29, 0.717) is 43.3 Å². The lowest BCUT2D eigenvalue weighted by atomic mass is 10.1. The number of carbonyl (C=O) groups is 1. The molecule has 0 fully saturated rings. The van der Waals surface area contributed by atoms with Crippen LogP contribution in [-0.2, 0) is 16.1 Å². The lowest BCUT2D eigenvalue weighted by Crippen LogP contribution is -2.14. The molecule has 0 aliphatic carbocycles. The molecule has 40 heavy (non-hydrogen) atoms. The average molecular weight is 565 g/mol. The van der Waals surface area contributed by atoms with Crippen LogP contribution in [0.5, 0.6) is 0 Å². The van der Waals surface area contributed by atoms with E-state index in [1.165, 1.54) is 22.7 Å². The van der Waals surface area contributed by atoms with Gasteiger partial charge in [-0.15, -0.1) is 22.7 Å². The zero-order chi connectivity index (χ0) is 27.6. The normalized spacial score (nSPS) is 11.9. The molecule has 6 rings (SSSR count). The summed E-state index contributed by atoms with van der Waals surface area (Å²) in [5, 5.41) is 2.27. The van der Waals surface area contributed by atoms with Gasteiger partial charge in [0.2, 0.25) is 0 Å². The Kier molecular flexibility index (Phi) is 6.93. The van der Waals surface area contributed by atoms with Crippen LogP contribution in [0.25, 0.3) is 41.4 Å². The second-order valence-corrected chi connectivity index (χ2v) is 11.1. The van der Waals surface area contributed by atoms with Gasteiger partial charge in [-0.05, 0) is 49.4 Å². The Labute approximate surface area is 235 Å². The smallest absolute Gasteiger partial charge is 0.315 e. The van der Waals surface area contributed by atoms with Crippen LogP contribution < -0.4 is 11.1 Å². The molecule has 196 valence electrons. The number of carbonyl (C=O) groups excluding carboxylic acids is 1. The number of hydrogen-bond acceptors (Lipinski definition) is 10. The molecule has 0 aliphatic rings. The van der Waals surface area contributed by atoms with Crippen molar-refractivity contribution in [2.24, 2.45) is 0 Å². The van der Waals surface area contributed by atoms with Crippen LogP contribution in [0, 0.1) is 0 Å². The van der Waals surface area contributed by atoms with Crippen molar-refractivity contribution in [3.63, 3.8) is 0 Å². The molecule has 0 saturated carbocycles. The molecule has 10 heteroatoms. The van der Waals surface area contributed by atoms with Crippen molar-refractivity contribution in [3.05, 3.63) is 117 Å². The summed E-state index contributed by atoms with van der Waals surface area (Å²) in [4.78, 5) is 54.7. The quantitative estimate of drug-likeness (QED) is 0.241. The van der Waals surface area contributed by atoms with Crippen LogP contribution in [0.4, 0.5) is 0 Å². The molecule has 0 spiro atoms. The number of pyridine rings is 2. The summed E-state index contributed by atoms with van der Waals surface area (Å²) in [5.74, 6) is -1.02. The van der Waals surface area contributed by atoms with Crippen LogP contribution in [0.15, 0.2) is 94.8 Å². The van der Waals surface area contributed by atoms with Gasteiger partial charge in [0, 0.05) is 32.9 Å². The fourth-order valence-electron chi connectivity index (χ4n) is 4.08. The van der Waals surface area contributed by atoms with Crippen molar-refractivity contribution in [1.29, 1.82) is 0 Å². The van der Waals surface area contributed by atoms with E-state index < -0.39 is 11.9 Å². The van der Waals surface area contributed by atoms with Crippen LogP contribution in [-0.4, -0.2) is 25.9 Å². The molecular formula is C30H20N4O4S2. The number of fused-ring (bicyclic) bond motifs is 2. The fraction of sp³-hybridized carbons (Fsp3) is 0.100. The minimum atomic E-state index is -0.594. The zero-order valence-corrected chi connectivity index (χ0v) is 22.7. The molecule has 6 aromatic rings. The van der Waals surface area contributed by atoms with Crippen LogP contribution in [0.3, 0.4) is 0 Å². The molecule has 0 N–H and O–H groups in total. The Hall–Kier alpha value is -4.67. The first kappa shape index (κ1) is 25.6. The van der Waals surface area contributed by atoms with Gasteiger partial charge in [0.15, 0.2) is 0 Å². The summed E-state index contributed by atoms with van der Waals surface area (Å²) in [5.41, 5.74) is 1.97. The Morgan fingerprint density at radius 1 is 0.775 bits per heavy atom. The molecule has 0 radical (unpaired) electrons. The van der Waals surface area contributed by atoms with Gasteiger partial charge in [0.05, 0.1) is 28.1 Å². The highest BCUT2D eigenvalue weighted by Gasteiger charge is 2.19. The lowest BCUT2D eigenvalue weighted by molar-refractivity contribution is -0.146. The van der Waals surface area contributed by atoms with E-state index in [-0.39, 0.29) is 17.7 Å². The first-order valence-corrected chi connectivity index (χ1v) is 14.0. The molecule has 2 aromatic carbocycles.